The highest BCUT2D eigenvalue weighted by molar-refractivity contribution is 7.84. The highest BCUT2D eigenvalue weighted by atomic mass is 32.2. The molecule has 6 nitrogen and oxygen atoms in total. The van der Waals surface area contributed by atoms with Crippen LogP contribution in [0.15, 0.2) is 23.0 Å². The summed E-state index contributed by atoms with van der Waals surface area (Å²) >= 11 is 0. The first-order chi connectivity index (χ1) is 10.9. The maximum absolute atomic E-state index is 12.5. The van der Waals surface area contributed by atoms with Gasteiger partial charge in [-0.15, -0.1) is 0 Å². The zero-order valence-electron chi connectivity index (χ0n) is 13.0. The van der Waals surface area contributed by atoms with E-state index in [1.165, 1.54) is 6.07 Å². The molecule has 1 atom stereocenters. The number of hydrogen-bond acceptors (Lipinski definition) is 4. The summed E-state index contributed by atoms with van der Waals surface area (Å²) in [5.74, 6) is 0.397. The Balaban J connectivity index is 2.15. The van der Waals surface area contributed by atoms with Gasteiger partial charge in [-0.1, -0.05) is 13.3 Å². The molecule has 0 spiro atoms. The Morgan fingerprint density at radius 2 is 2.17 bits per heavy atom. The van der Waals surface area contributed by atoms with E-state index in [1.54, 1.807) is 12.1 Å². The van der Waals surface area contributed by atoms with Crippen molar-refractivity contribution < 1.29 is 12.6 Å². The number of fused-ring (bicyclic) bond motifs is 3. The Labute approximate surface area is 134 Å². The van der Waals surface area contributed by atoms with Crippen LogP contribution >= 0.6 is 0 Å². The minimum absolute atomic E-state index is 0.0848. The summed E-state index contributed by atoms with van der Waals surface area (Å²) in [6, 6.07) is 4.86. The second-order valence-electron chi connectivity index (χ2n) is 6.01. The van der Waals surface area contributed by atoms with Crippen LogP contribution in [0.25, 0.3) is 10.9 Å². The van der Waals surface area contributed by atoms with Gasteiger partial charge in [0.1, 0.15) is 5.75 Å². The zero-order chi connectivity index (χ0) is 16.6. The maximum atomic E-state index is 12.5. The average Bonchev–Trinajstić information content (AvgIpc) is 2.45. The van der Waals surface area contributed by atoms with Gasteiger partial charge in [0.25, 0.3) is 5.56 Å². The molecular formula is C16H20N2O4S. The molecule has 1 heterocycles. The fourth-order valence-corrected chi connectivity index (χ4v) is 3.93. The van der Waals surface area contributed by atoms with E-state index in [4.69, 9.17) is 5.14 Å². The van der Waals surface area contributed by atoms with Gasteiger partial charge >= 0.3 is 10.3 Å². The molecule has 23 heavy (non-hydrogen) atoms. The number of nitrogens with one attached hydrogen (secondary N) is 1. The molecule has 1 aliphatic rings. The number of nitrogens with two attached hydrogens (primary N) is 1. The van der Waals surface area contributed by atoms with E-state index in [9.17, 15) is 13.2 Å². The summed E-state index contributed by atoms with van der Waals surface area (Å²) in [4.78, 5) is 15.4. The third-order valence-electron chi connectivity index (χ3n) is 4.37. The predicted molar refractivity (Wildman–Crippen MR) is 88.9 cm³/mol. The fourth-order valence-electron chi connectivity index (χ4n) is 3.56. The van der Waals surface area contributed by atoms with Crippen LogP contribution in [0.1, 0.15) is 49.7 Å². The SMILES string of the molecule is CCCC1CCCc2c1c(=O)[nH]c1cc(OS(N)(=O)=O)ccc21. The molecule has 2 aromatic rings. The van der Waals surface area contributed by atoms with Crippen molar-refractivity contribution in [3.05, 3.63) is 39.7 Å². The largest absolute Gasteiger partial charge is 0.380 e. The lowest BCUT2D eigenvalue weighted by Gasteiger charge is -2.25. The van der Waals surface area contributed by atoms with Crippen LogP contribution in [0.3, 0.4) is 0 Å². The summed E-state index contributed by atoms with van der Waals surface area (Å²) in [5, 5.41) is 5.83. The number of hydrogen-bond donors (Lipinski definition) is 2. The van der Waals surface area contributed by atoms with Crippen LogP contribution in [0, 0.1) is 0 Å². The zero-order valence-corrected chi connectivity index (χ0v) is 13.8. The molecule has 1 aromatic carbocycles. The molecule has 0 bridgehead atoms. The van der Waals surface area contributed by atoms with Crippen LogP contribution in [0.4, 0.5) is 0 Å². The summed E-state index contributed by atoms with van der Waals surface area (Å²) in [7, 11) is -4.08. The van der Waals surface area contributed by atoms with Crippen molar-refractivity contribution in [2.75, 3.05) is 0 Å². The third kappa shape index (κ3) is 3.25. The second-order valence-corrected chi connectivity index (χ2v) is 7.16. The number of pyridine rings is 1. The van der Waals surface area contributed by atoms with E-state index < -0.39 is 10.3 Å². The molecule has 124 valence electrons. The lowest BCUT2D eigenvalue weighted by molar-refractivity contribution is 0.488. The minimum atomic E-state index is -4.08. The quantitative estimate of drug-likeness (QED) is 0.894. The van der Waals surface area contributed by atoms with E-state index in [0.717, 1.165) is 48.6 Å². The van der Waals surface area contributed by atoms with Gasteiger partial charge in [-0.05, 0) is 49.3 Å². The molecular weight excluding hydrogens is 316 g/mol. The molecule has 0 radical (unpaired) electrons. The molecule has 0 aliphatic heterocycles. The van der Waals surface area contributed by atoms with Crippen molar-refractivity contribution >= 4 is 21.2 Å². The minimum Gasteiger partial charge on any atom is -0.371 e. The van der Waals surface area contributed by atoms with Crippen LogP contribution in [-0.4, -0.2) is 13.4 Å². The van der Waals surface area contributed by atoms with Gasteiger partial charge in [0, 0.05) is 17.0 Å². The normalized spacial score (nSPS) is 17.9. The second kappa shape index (κ2) is 5.98. The highest BCUT2D eigenvalue weighted by Crippen LogP contribution is 2.36. The average molecular weight is 336 g/mol. The van der Waals surface area contributed by atoms with Gasteiger partial charge in [0.2, 0.25) is 0 Å². The smallest absolute Gasteiger partial charge is 0.371 e. The number of aryl methyl sites for hydroxylation is 1. The lowest BCUT2D eigenvalue weighted by atomic mass is 9.80. The monoisotopic (exact) mass is 336 g/mol. The predicted octanol–water partition coefficient (Wildman–Crippen LogP) is 2.33. The van der Waals surface area contributed by atoms with Gasteiger partial charge in [0.15, 0.2) is 0 Å². The van der Waals surface area contributed by atoms with E-state index >= 15 is 0 Å². The first-order valence-electron chi connectivity index (χ1n) is 7.80. The van der Waals surface area contributed by atoms with E-state index in [0.29, 0.717) is 11.4 Å². The van der Waals surface area contributed by atoms with Crippen molar-refractivity contribution in [2.24, 2.45) is 5.14 Å². The van der Waals surface area contributed by atoms with Crippen molar-refractivity contribution in [1.29, 1.82) is 0 Å². The summed E-state index contributed by atoms with van der Waals surface area (Å²) < 4.78 is 26.8. The van der Waals surface area contributed by atoms with Gasteiger partial charge < -0.3 is 9.17 Å². The Morgan fingerprint density at radius 3 is 2.87 bits per heavy atom. The van der Waals surface area contributed by atoms with E-state index in [1.807, 2.05) is 0 Å². The number of rotatable bonds is 4. The van der Waals surface area contributed by atoms with E-state index in [2.05, 4.69) is 16.1 Å². The van der Waals surface area contributed by atoms with Crippen molar-refractivity contribution in [2.45, 2.75) is 44.9 Å². The fraction of sp³-hybridized carbons (Fsp3) is 0.438. The van der Waals surface area contributed by atoms with Crippen LogP contribution in [0.2, 0.25) is 0 Å². The van der Waals surface area contributed by atoms with E-state index in [-0.39, 0.29) is 11.3 Å². The third-order valence-corrected chi connectivity index (χ3v) is 4.80. The van der Waals surface area contributed by atoms with Gasteiger partial charge in [-0.2, -0.15) is 13.6 Å². The molecule has 1 aromatic heterocycles. The molecule has 0 saturated heterocycles. The Kier molecular flexibility index (Phi) is 4.16. The molecule has 0 amide bonds. The van der Waals surface area contributed by atoms with Crippen LogP contribution in [-0.2, 0) is 16.7 Å². The molecule has 0 saturated carbocycles. The number of H-pyrrole nitrogens is 1. The summed E-state index contributed by atoms with van der Waals surface area (Å²) in [6.45, 7) is 2.13. The van der Waals surface area contributed by atoms with Gasteiger partial charge in [-0.3, -0.25) is 4.79 Å². The number of aromatic nitrogens is 1. The molecule has 1 aliphatic carbocycles. The maximum Gasteiger partial charge on any atom is 0.380 e. The number of benzene rings is 1. The van der Waals surface area contributed by atoms with Crippen LogP contribution in [0.5, 0.6) is 5.75 Å². The molecule has 7 heteroatoms. The summed E-state index contributed by atoms with van der Waals surface area (Å²) in [5.41, 5.74) is 2.46. The highest BCUT2D eigenvalue weighted by Gasteiger charge is 2.24. The number of aromatic amines is 1. The lowest BCUT2D eigenvalue weighted by Crippen LogP contribution is -2.23. The topological polar surface area (TPSA) is 102 Å². The standard InChI is InChI=1S/C16H20N2O4S/c1-2-4-10-5-3-6-13-12-8-7-11(22-23(17,20)21)9-14(12)18-16(19)15(10)13/h7-10H,2-6H2,1H3,(H,18,19)(H2,17,20,21). The van der Waals surface area contributed by atoms with Gasteiger partial charge in [-0.25, -0.2) is 0 Å². The molecule has 3 rings (SSSR count). The van der Waals surface area contributed by atoms with Crippen LogP contribution < -0.4 is 14.9 Å². The molecule has 3 N–H and O–H groups in total. The first kappa shape index (κ1) is 16.0. The van der Waals surface area contributed by atoms with Crippen molar-refractivity contribution in [3.63, 3.8) is 0 Å². The van der Waals surface area contributed by atoms with Crippen molar-refractivity contribution in [1.82, 2.24) is 4.98 Å². The Bertz CT molecular complexity index is 902. The Hall–Kier alpha value is -1.86. The Morgan fingerprint density at radius 1 is 1.39 bits per heavy atom. The first-order valence-corrected chi connectivity index (χ1v) is 9.27. The van der Waals surface area contributed by atoms with Gasteiger partial charge in [0.05, 0.1) is 5.52 Å². The van der Waals surface area contributed by atoms with Crippen molar-refractivity contribution in [3.8, 4) is 5.75 Å². The summed E-state index contributed by atoms with van der Waals surface area (Å²) in [6.07, 6.45) is 5.02. The molecule has 0 fully saturated rings. The molecule has 1 unspecified atom stereocenters.